The summed E-state index contributed by atoms with van der Waals surface area (Å²) in [4.78, 5) is 103. The Kier molecular flexibility index (Phi) is 26.4. The number of Topliss-reactive ketones (excluding diaryl/α,β-unsaturated/α-hetero) is 2. The fraction of sp³-hybridized carbons (Fsp3) is 0.763. The molecule has 5 amide bonds. The summed E-state index contributed by atoms with van der Waals surface area (Å²) in [5.41, 5.74) is -0.801. The van der Waals surface area contributed by atoms with E-state index >= 15 is 4.39 Å². The molecule has 8 N–H and O–H groups in total. The zero-order valence-corrected chi connectivity index (χ0v) is 48.2. The molecule has 1 unspecified atom stereocenters. The first kappa shape index (κ1) is 66.6. The number of alkyl halides is 1. The largest absolute Gasteiger partial charge is 0.458 e. The maximum Gasteiger partial charge on any atom is 0.312 e. The molecule has 0 spiro atoms. The van der Waals surface area contributed by atoms with Crippen LogP contribution in [0.15, 0.2) is 23.8 Å². The van der Waals surface area contributed by atoms with Crippen LogP contribution < -0.4 is 27.0 Å². The van der Waals surface area contributed by atoms with E-state index in [1.54, 1.807) is 40.7 Å². The van der Waals surface area contributed by atoms with Crippen molar-refractivity contribution in [1.82, 2.24) is 21.3 Å². The number of hydrogen-bond donors (Lipinski definition) is 7. The van der Waals surface area contributed by atoms with Gasteiger partial charge < -0.3 is 65.6 Å². The number of amides is 5. The van der Waals surface area contributed by atoms with Crippen molar-refractivity contribution >= 4 is 47.1 Å². The van der Waals surface area contributed by atoms with Gasteiger partial charge in [0.05, 0.1) is 65.0 Å². The summed E-state index contributed by atoms with van der Waals surface area (Å²) in [6.07, 6.45) is 9.00. The molecule has 0 saturated heterocycles. The average Bonchev–Trinajstić information content (AvgIpc) is 3.78. The van der Waals surface area contributed by atoms with E-state index in [4.69, 9.17) is 34.2 Å². The van der Waals surface area contributed by atoms with E-state index in [1.165, 1.54) is 12.2 Å². The van der Waals surface area contributed by atoms with E-state index in [9.17, 15) is 48.6 Å². The summed E-state index contributed by atoms with van der Waals surface area (Å²) in [5.74, 6) is 0.684. The van der Waals surface area contributed by atoms with Crippen molar-refractivity contribution in [2.75, 3.05) is 79.2 Å². The monoisotopic (exact) mass is 1140 g/mol. The molecule has 3 fully saturated rings. The summed E-state index contributed by atoms with van der Waals surface area (Å²) >= 11 is 0. The Hall–Kier alpha value is -5.15. The molecule has 22 heteroatoms. The standard InChI is InChI=1S/C59H90FN5O16/c1-39(2)53(65-50(70)22-26-76-28-30-78-32-33-79-31-29-77-27-25-62-51(71)38-80-43-14-9-7-6-8-10-15-43)54(73)64-46(16-13-24-63-55(61)74)47(67)17-11-12-18-52(72)81-37-49(69)59(75)40(3)34-45-44-20-19-41-35-42(66)21-23-56(41,4)58(44,60)48(68)36-57(45,59)5/h21,23,35,39-40,43-46,48,53,68,75H,6-9,11-14,16-20,22,24-34,36-38H2,1-5H3,(H,62,71)(H,64,73)(H,65,70)(H3,61,63,74)/t40-,43?,44+,45+,46+,48+,53+,56+,57+,58+,59+/m1/s1. The Morgan fingerprint density at radius 2 is 1.49 bits per heavy atom. The van der Waals surface area contributed by atoms with Crippen LogP contribution in [0.4, 0.5) is 9.18 Å². The van der Waals surface area contributed by atoms with E-state index in [-0.39, 0.29) is 114 Å². The maximum absolute atomic E-state index is 17.6. The van der Waals surface area contributed by atoms with Crippen LogP contribution in [0.25, 0.3) is 0 Å². The minimum absolute atomic E-state index is 0.0339. The van der Waals surface area contributed by atoms with Gasteiger partial charge in [-0.1, -0.05) is 51.7 Å². The molecule has 11 atom stereocenters. The number of carbonyl (C=O) groups excluding carboxylic acids is 8. The van der Waals surface area contributed by atoms with Crippen LogP contribution in [0.2, 0.25) is 0 Å². The summed E-state index contributed by atoms with van der Waals surface area (Å²) in [7, 11) is 0. The Morgan fingerprint density at radius 1 is 0.815 bits per heavy atom. The number of primary amides is 1. The Balaban J connectivity index is 0.954. The summed E-state index contributed by atoms with van der Waals surface area (Å²) in [6, 6.07) is -2.74. The zero-order valence-electron chi connectivity index (χ0n) is 48.2. The van der Waals surface area contributed by atoms with E-state index in [0.29, 0.717) is 64.4 Å². The second-order valence-corrected chi connectivity index (χ2v) is 23.0. The fourth-order valence-electron chi connectivity index (χ4n) is 12.6. The summed E-state index contributed by atoms with van der Waals surface area (Å²) < 4.78 is 50.7. The van der Waals surface area contributed by atoms with Crippen molar-refractivity contribution in [3.63, 3.8) is 0 Å². The van der Waals surface area contributed by atoms with Crippen LogP contribution in [0.5, 0.6) is 0 Å². The second kappa shape index (κ2) is 32.1. The highest BCUT2D eigenvalue weighted by Gasteiger charge is 2.75. The first-order chi connectivity index (χ1) is 38.6. The highest BCUT2D eigenvalue weighted by atomic mass is 19.1. The Bertz CT molecular complexity index is 2310. The quantitative estimate of drug-likeness (QED) is 0.0271. The highest BCUT2D eigenvalue weighted by molar-refractivity contribution is 6.01. The van der Waals surface area contributed by atoms with Crippen molar-refractivity contribution in [2.24, 2.45) is 40.2 Å². The number of rotatable bonds is 35. The third kappa shape index (κ3) is 17.9. The normalized spacial score (nSPS) is 28.3. The lowest BCUT2D eigenvalue weighted by atomic mass is 9.44. The molecule has 5 rings (SSSR count). The number of unbranched alkanes of at least 4 members (excludes halogenated alkanes) is 1. The van der Waals surface area contributed by atoms with Gasteiger partial charge in [-0.3, -0.25) is 33.6 Å². The molecule has 0 bridgehead atoms. The number of nitrogens with two attached hydrogens (primary N) is 1. The number of hydrogen-bond acceptors (Lipinski definition) is 16. The number of fused-ring (bicyclic) bond motifs is 5. The molecular weight excluding hydrogens is 1050 g/mol. The van der Waals surface area contributed by atoms with Crippen LogP contribution in [0.3, 0.4) is 0 Å². The van der Waals surface area contributed by atoms with Gasteiger partial charge in [-0.2, -0.15) is 0 Å². The smallest absolute Gasteiger partial charge is 0.312 e. The van der Waals surface area contributed by atoms with Gasteiger partial charge in [0, 0.05) is 55.5 Å². The van der Waals surface area contributed by atoms with E-state index in [1.807, 2.05) is 0 Å². The van der Waals surface area contributed by atoms with Gasteiger partial charge >= 0.3 is 12.0 Å². The number of esters is 1. The van der Waals surface area contributed by atoms with Gasteiger partial charge in [0.2, 0.25) is 23.5 Å². The fourth-order valence-corrected chi connectivity index (χ4v) is 12.6. The molecule has 0 aromatic heterocycles. The number of allylic oxidation sites excluding steroid dienone is 4. The van der Waals surface area contributed by atoms with Gasteiger partial charge in [0.1, 0.15) is 24.4 Å². The van der Waals surface area contributed by atoms with Crippen LogP contribution >= 0.6 is 0 Å². The van der Waals surface area contributed by atoms with Crippen LogP contribution in [-0.4, -0.2) is 172 Å². The maximum atomic E-state index is 17.6. The van der Waals surface area contributed by atoms with E-state index in [0.717, 1.165) is 32.1 Å². The number of halogens is 1. The number of nitrogens with one attached hydrogen (secondary N) is 4. The van der Waals surface area contributed by atoms with E-state index in [2.05, 4.69) is 33.1 Å². The molecular formula is C59H90FN5O16. The number of aliphatic hydroxyl groups excluding tert-OH is 1. The van der Waals surface area contributed by atoms with Crippen molar-refractivity contribution in [1.29, 1.82) is 0 Å². The minimum atomic E-state index is -2.14. The molecule has 0 heterocycles. The highest BCUT2D eigenvalue weighted by Crippen LogP contribution is 2.70. The van der Waals surface area contributed by atoms with Gasteiger partial charge in [0.15, 0.2) is 23.8 Å². The molecule has 0 radical (unpaired) electrons. The zero-order chi connectivity index (χ0) is 59.2. The predicted octanol–water partition coefficient (Wildman–Crippen LogP) is 3.58. The van der Waals surface area contributed by atoms with Crippen molar-refractivity contribution in [2.45, 2.75) is 173 Å². The number of ether oxygens (including phenoxy) is 6. The van der Waals surface area contributed by atoms with Crippen LogP contribution in [0.1, 0.15) is 137 Å². The molecule has 0 aromatic carbocycles. The molecule has 81 heavy (non-hydrogen) atoms. The molecule has 0 aromatic rings. The lowest BCUT2D eigenvalue weighted by Gasteiger charge is -2.62. The average molecular weight is 1140 g/mol. The van der Waals surface area contributed by atoms with Gasteiger partial charge in [-0.05, 0) is 107 Å². The minimum Gasteiger partial charge on any atom is -0.458 e. The molecule has 454 valence electrons. The van der Waals surface area contributed by atoms with Gasteiger partial charge in [-0.25, -0.2) is 9.18 Å². The lowest BCUT2D eigenvalue weighted by Crippen LogP contribution is -2.69. The first-order valence-electron chi connectivity index (χ1n) is 29.1. The second-order valence-electron chi connectivity index (χ2n) is 23.0. The molecule has 21 nitrogen and oxygen atoms in total. The number of aliphatic hydroxyl groups is 2. The molecule has 5 aliphatic rings. The third-order valence-electron chi connectivity index (χ3n) is 17.1. The van der Waals surface area contributed by atoms with Crippen LogP contribution in [-0.2, 0) is 62.0 Å². The third-order valence-corrected chi connectivity index (χ3v) is 17.1. The lowest BCUT2D eigenvalue weighted by molar-refractivity contribution is -0.220. The van der Waals surface area contributed by atoms with Gasteiger partial charge in [-0.15, -0.1) is 5.92 Å². The summed E-state index contributed by atoms with van der Waals surface area (Å²) in [5, 5.41) is 34.6. The first-order valence-corrected chi connectivity index (χ1v) is 29.1. The van der Waals surface area contributed by atoms with Crippen molar-refractivity contribution in [3.05, 3.63) is 23.8 Å². The number of ketones is 3. The molecule has 0 aliphatic heterocycles. The Morgan fingerprint density at radius 3 is 2.19 bits per heavy atom. The van der Waals surface area contributed by atoms with Crippen molar-refractivity contribution in [3.8, 4) is 11.8 Å². The van der Waals surface area contributed by atoms with Crippen molar-refractivity contribution < 1.29 is 81.4 Å². The summed E-state index contributed by atoms with van der Waals surface area (Å²) in [6.45, 7) is 10.6. The van der Waals surface area contributed by atoms with Gasteiger partial charge in [0.25, 0.3) is 0 Å². The SMILES string of the molecule is CC(C)[C@H](NC(=O)CCOCCOCCOCCOCCNC(=O)COC1C#CCCCCC1)C(=O)N[C@@H](CCCNC(N)=O)C(=O)CCCCC(=O)OCC(=O)[C@@]1(O)[C@H](C)C[C@H]2[C@@H]3CCC4=CC(=O)C=C[C@]4(C)[C@@]3(F)[C@@H](O)C[C@@]21C. The molecule has 5 aliphatic carbocycles. The molecule has 3 saturated carbocycles. The predicted molar refractivity (Wildman–Crippen MR) is 294 cm³/mol. The van der Waals surface area contributed by atoms with E-state index < -0.39 is 94.2 Å². The van der Waals surface area contributed by atoms with Crippen LogP contribution in [0, 0.1) is 46.3 Å². The number of urea groups is 1. The topological polar surface area (TPSA) is 307 Å². The Labute approximate surface area is 476 Å². The number of carbonyl (C=O) groups is 8.